The van der Waals surface area contributed by atoms with E-state index in [1.807, 2.05) is 58.1 Å². The predicted octanol–water partition coefficient (Wildman–Crippen LogP) is 8.05. The Kier molecular flexibility index (Phi) is 22.5. The summed E-state index contributed by atoms with van der Waals surface area (Å²) >= 11 is 0. The number of Topliss-reactive ketones (excluding diaryl/α,β-unsaturated/α-hetero) is 3. The van der Waals surface area contributed by atoms with Crippen LogP contribution in [-0.4, -0.2) is 133 Å². The number of carbonyl (C=O) groups excluding carboxylic acids is 6. The van der Waals surface area contributed by atoms with Crippen molar-refractivity contribution < 1.29 is 67.4 Å². The summed E-state index contributed by atoms with van der Waals surface area (Å²) in [6.45, 7) is 12.8. The number of aliphatic hydroxyl groups is 2. The van der Waals surface area contributed by atoms with Crippen LogP contribution in [0.25, 0.3) is 0 Å². The molecule has 0 spiro atoms. The fourth-order valence-electron chi connectivity index (χ4n) is 11.0. The van der Waals surface area contributed by atoms with E-state index in [1.54, 1.807) is 71.4 Å². The van der Waals surface area contributed by atoms with Gasteiger partial charge in [0.25, 0.3) is 11.7 Å². The topological polar surface area (TPSA) is 201 Å². The van der Waals surface area contributed by atoms with Crippen LogP contribution in [0.4, 0.5) is 0 Å². The highest BCUT2D eigenvalue weighted by Crippen LogP contribution is 2.38. The number of methoxy groups -OCH3 is 3. The molecule has 2 saturated heterocycles. The van der Waals surface area contributed by atoms with Gasteiger partial charge in [0.1, 0.15) is 17.9 Å². The summed E-state index contributed by atoms with van der Waals surface area (Å²) in [5, 5.41) is 22.6. The molecule has 15 nitrogen and oxygen atoms in total. The Balaban J connectivity index is 1.54. The number of aliphatic hydroxyl groups excluding tert-OH is 1. The van der Waals surface area contributed by atoms with Crippen molar-refractivity contribution in [1.82, 2.24) is 4.90 Å². The predicted molar refractivity (Wildman–Crippen MR) is 275 cm³/mol. The van der Waals surface area contributed by atoms with Crippen LogP contribution in [0.15, 0.2) is 77.9 Å². The molecule has 1 aliphatic carbocycles. The Morgan fingerprint density at radius 2 is 1.56 bits per heavy atom. The lowest BCUT2D eigenvalue weighted by molar-refractivity contribution is -0.265. The Labute approximate surface area is 433 Å². The van der Waals surface area contributed by atoms with Crippen LogP contribution < -0.4 is 0 Å². The summed E-state index contributed by atoms with van der Waals surface area (Å²) in [4.78, 5) is 87.0. The van der Waals surface area contributed by atoms with Crippen molar-refractivity contribution in [1.29, 1.82) is 0 Å². The molecule has 404 valence electrons. The van der Waals surface area contributed by atoms with Crippen molar-refractivity contribution >= 4 is 35.2 Å². The summed E-state index contributed by atoms with van der Waals surface area (Å²) < 4.78 is 36.0. The zero-order valence-electron chi connectivity index (χ0n) is 44.9. The second-order valence-electron chi connectivity index (χ2n) is 21.3. The number of hydrogen-bond acceptors (Lipinski definition) is 14. The van der Waals surface area contributed by atoms with Crippen LogP contribution in [0.3, 0.4) is 0 Å². The average molecular weight is 1020 g/mol. The molecule has 15 heteroatoms. The van der Waals surface area contributed by atoms with E-state index in [-0.39, 0.29) is 60.4 Å². The van der Waals surface area contributed by atoms with E-state index < -0.39 is 89.8 Å². The highest BCUT2D eigenvalue weighted by molar-refractivity contribution is 6.39. The third-order valence-corrected chi connectivity index (χ3v) is 15.7. The standard InChI is InChI=1S/C58H83NO14/c1-35-19-13-11-14-20-36(2)48(68-8)33-44-26-24-41(7)58(67,73-44)54(63)55(64)59-28-18-17-23-45(59)57(66)71-49(38(4)31-42-25-27-46(60)50(32-42)69-9)34-47(61)37(3)30-40(6)52(53(70-10)51(62)39(5)29-35)72-56(65)43-21-15-12-16-22-43/h11-16,19-22,30,35,37-39,41-42,44-46,48-50,52-53,60,67H,17-18,23-29,31-34H2,1-10H3/b14-11+,19-13+,36-20+,40-30+/t35-,37-,38-,39-,41-,42+,44+,45+,46-,48+,49+,50-,52-,53+,58-/m1/s1. The van der Waals surface area contributed by atoms with Crippen LogP contribution in [0, 0.1) is 35.5 Å². The third kappa shape index (κ3) is 15.7. The van der Waals surface area contributed by atoms with E-state index in [2.05, 4.69) is 0 Å². The Morgan fingerprint density at radius 1 is 0.836 bits per heavy atom. The molecule has 2 bridgehead atoms. The first-order valence-corrected chi connectivity index (χ1v) is 26.5. The van der Waals surface area contributed by atoms with Crippen molar-refractivity contribution in [2.45, 2.75) is 180 Å². The maximum atomic E-state index is 14.6. The lowest BCUT2D eigenvalue weighted by atomic mass is 9.78. The van der Waals surface area contributed by atoms with Crippen LogP contribution >= 0.6 is 0 Å². The summed E-state index contributed by atoms with van der Waals surface area (Å²) in [5.74, 6) is -9.06. The Bertz CT molecular complexity index is 2170. The number of allylic oxidation sites excluding steroid dienone is 6. The molecule has 0 unspecified atom stereocenters. The largest absolute Gasteiger partial charge is 0.460 e. The maximum absolute atomic E-state index is 14.6. The summed E-state index contributed by atoms with van der Waals surface area (Å²) in [5.41, 5.74) is 1.55. The number of piperidine rings is 1. The fraction of sp³-hybridized carbons (Fsp3) is 0.655. The van der Waals surface area contributed by atoms with Gasteiger partial charge in [-0.3, -0.25) is 19.2 Å². The molecular weight excluding hydrogens is 935 g/mol. The number of ether oxygens (including phenoxy) is 6. The minimum atomic E-state index is -2.45. The van der Waals surface area contributed by atoms with Gasteiger partial charge in [0, 0.05) is 58.5 Å². The molecule has 1 saturated carbocycles. The summed E-state index contributed by atoms with van der Waals surface area (Å²) in [6.07, 6.45) is 10.8. The average Bonchev–Trinajstić information content (AvgIpc) is 3.38. The molecule has 1 aromatic rings. The van der Waals surface area contributed by atoms with Crippen LogP contribution in [0.1, 0.15) is 136 Å². The number of hydrogen-bond donors (Lipinski definition) is 2. The first kappa shape index (κ1) is 59.2. The molecule has 5 rings (SSSR count). The molecule has 4 aliphatic rings. The second kappa shape index (κ2) is 27.8. The van der Waals surface area contributed by atoms with Crippen molar-refractivity contribution in [2.24, 2.45) is 35.5 Å². The van der Waals surface area contributed by atoms with Gasteiger partial charge in [-0.2, -0.15) is 0 Å². The molecule has 73 heavy (non-hydrogen) atoms. The number of carbonyl (C=O) groups is 6. The second-order valence-corrected chi connectivity index (χ2v) is 21.3. The number of amides is 1. The van der Waals surface area contributed by atoms with Crippen LogP contribution in [0.5, 0.6) is 0 Å². The monoisotopic (exact) mass is 1020 g/mol. The summed E-state index contributed by atoms with van der Waals surface area (Å²) in [6, 6.07) is 7.23. The van der Waals surface area contributed by atoms with Gasteiger partial charge in [-0.05, 0) is 119 Å². The van der Waals surface area contributed by atoms with Crippen LogP contribution in [-0.2, 0) is 52.4 Å². The van der Waals surface area contributed by atoms with Gasteiger partial charge >= 0.3 is 11.9 Å². The van der Waals surface area contributed by atoms with Crippen molar-refractivity contribution in [3.8, 4) is 0 Å². The number of esters is 2. The van der Waals surface area contributed by atoms with E-state index in [1.165, 1.54) is 12.0 Å². The van der Waals surface area contributed by atoms with Crippen LogP contribution in [0.2, 0.25) is 0 Å². The van der Waals surface area contributed by atoms with Crippen molar-refractivity contribution in [2.75, 3.05) is 27.9 Å². The first-order chi connectivity index (χ1) is 34.7. The fourth-order valence-corrected chi connectivity index (χ4v) is 11.0. The number of rotatable bonds is 8. The van der Waals surface area contributed by atoms with Gasteiger partial charge in [0.05, 0.1) is 30.0 Å². The summed E-state index contributed by atoms with van der Waals surface area (Å²) in [7, 11) is 4.53. The number of ketones is 3. The highest BCUT2D eigenvalue weighted by atomic mass is 16.6. The smallest absolute Gasteiger partial charge is 0.338 e. The zero-order valence-corrected chi connectivity index (χ0v) is 44.9. The van der Waals surface area contributed by atoms with E-state index in [0.29, 0.717) is 69.8 Å². The van der Waals surface area contributed by atoms with Crippen molar-refractivity contribution in [3.63, 3.8) is 0 Å². The first-order valence-electron chi connectivity index (χ1n) is 26.5. The number of fused-ring (bicyclic) bond motifs is 3. The molecule has 1 amide bonds. The number of nitrogens with zero attached hydrogens (tertiary/aromatic N) is 1. The molecule has 0 radical (unpaired) electrons. The minimum Gasteiger partial charge on any atom is -0.460 e. The number of cyclic esters (lactones) is 1. The lowest BCUT2D eigenvalue weighted by Crippen LogP contribution is -2.61. The van der Waals surface area contributed by atoms with Gasteiger partial charge in [-0.1, -0.05) is 89.3 Å². The Morgan fingerprint density at radius 3 is 2.25 bits per heavy atom. The highest BCUT2D eigenvalue weighted by Gasteiger charge is 2.53. The quantitative estimate of drug-likeness (QED) is 0.144. The van der Waals surface area contributed by atoms with E-state index in [9.17, 15) is 39.0 Å². The molecular formula is C58H83NO14. The molecule has 1 aromatic carbocycles. The maximum Gasteiger partial charge on any atom is 0.338 e. The van der Waals surface area contributed by atoms with Gasteiger partial charge in [0.15, 0.2) is 18.0 Å². The lowest BCUT2D eigenvalue weighted by Gasteiger charge is -2.42. The minimum absolute atomic E-state index is 0.0379. The molecule has 0 aromatic heterocycles. The molecule has 3 heterocycles. The molecule has 15 atom stereocenters. The SMILES string of the molecule is CO[C@H]1C[C@@H]2CC[C@@H](C)[C@@](O)(O2)C(=O)C(=O)N2CCCC[C@H]2C(=O)O[C@H]([C@H](C)C[C@@H]2CC[C@@H](O)[C@H](OC)C2)CC(=O)[C@H](C)/C=C(\C)[C@@H](OC(=O)c2ccccc2)[C@@H](OC)C(=O)[C@H](C)C[C@H](C)/C=C/C=C/C=C/1C. The molecule has 3 aliphatic heterocycles. The van der Waals surface area contributed by atoms with Crippen molar-refractivity contribution in [3.05, 3.63) is 83.5 Å². The molecule has 2 N–H and O–H groups in total. The molecule has 3 fully saturated rings. The zero-order chi connectivity index (χ0) is 53.6. The van der Waals surface area contributed by atoms with E-state index >= 15 is 0 Å². The number of benzene rings is 1. The normalized spacial score (nSPS) is 37.1. The van der Waals surface area contributed by atoms with E-state index in [4.69, 9.17) is 28.4 Å². The Hall–Kier alpha value is -4.64. The third-order valence-electron chi connectivity index (χ3n) is 15.7. The van der Waals surface area contributed by atoms with E-state index in [0.717, 1.165) is 5.57 Å². The van der Waals surface area contributed by atoms with Gasteiger partial charge < -0.3 is 43.5 Å². The van der Waals surface area contributed by atoms with Gasteiger partial charge in [0.2, 0.25) is 5.79 Å². The van der Waals surface area contributed by atoms with Gasteiger partial charge in [-0.25, -0.2) is 9.59 Å². The van der Waals surface area contributed by atoms with Gasteiger partial charge in [-0.15, -0.1) is 0 Å².